The molecule has 0 aliphatic heterocycles. The van der Waals surface area contributed by atoms with Crippen molar-refractivity contribution in [3.8, 4) is 0 Å². The van der Waals surface area contributed by atoms with Crippen LogP contribution in [0.1, 0.15) is 34.4 Å². The Labute approximate surface area is 105 Å². The summed E-state index contributed by atoms with van der Waals surface area (Å²) in [6, 6.07) is -1.34. The van der Waals surface area contributed by atoms with Crippen molar-refractivity contribution in [2.75, 3.05) is 0 Å². The van der Waals surface area contributed by atoms with Crippen molar-refractivity contribution >= 4 is 11.9 Å². The maximum absolute atomic E-state index is 12.0. The van der Waals surface area contributed by atoms with Crippen LogP contribution in [0.3, 0.4) is 0 Å². The molecule has 6 nitrogen and oxygen atoms in total. The third-order valence-corrected chi connectivity index (χ3v) is 2.82. The largest absolute Gasteiger partial charge is 0.480 e. The molecule has 0 aromatic carbocycles. The fourth-order valence-corrected chi connectivity index (χ4v) is 1.73. The Morgan fingerprint density at radius 1 is 1.22 bits per heavy atom. The lowest BCUT2D eigenvalue weighted by molar-refractivity contribution is -0.141. The second kappa shape index (κ2) is 5.22. The van der Waals surface area contributed by atoms with Gasteiger partial charge in [0.05, 0.1) is 11.7 Å². The molecular weight excluding hydrogens is 238 g/mol. The molecule has 1 rings (SSSR count). The van der Waals surface area contributed by atoms with Crippen molar-refractivity contribution in [1.29, 1.82) is 0 Å². The quantitative estimate of drug-likeness (QED) is 0.737. The van der Waals surface area contributed by atoms with Gasteiger partial charge in [0, 0.05) is 5.56 Å². The monoisotopic (exact) mass is 255 g/mol. The number of hydrogen-bond donors (Lipinski definition) is 3. The molecule has 1 aromatic heterocycles. The standard InChI is InChI=1S/C12H17NO5/c1-5-7(3)18-8(4)9(5)11(15)13-10(6(2)14)12(16)17/h6,10,14H,1-4H3,(H,13,15)(H,16,17)/t6-,10+/m1/s1. The number of rotatable bonds is 4. The molecule has 0 radical (unpaired) electrons. The van der Waals surface area contributed by atoms with Gasteiger partial charge in [-0.05, 0) is 27.7 Å². The van der Waals surface area contributed by atoms with E-state index in [-0.39, 0.29) is 0 Å². The number of amides is 1. The number of carbonyl (C=O) groups is 2. The molecule has 1 aromatic rings. The summed E-state index contributed by atoms with van der Waals surface area (Å²) < 4.78 is 5.30. The lowest BCUT2D eigenvalue weighted by Gasteiger charge is -2.17. The van der Waals surface area contributed by atoms with Crippen LogP contribution in [0.5, 0.6) is 0 Å². The number of carboxylic acids is 1. The predicted octanol–water partition coefficient (Wildman–Crippen LogP) is 0.769. The lowest BCUT2D eigenvalue weighted by Crippen LogP contribution is -2.47. The number of furan rings is 1. The number of aliphatic hydroxyl groups excluding tert-OH is 1. The molecule has 0 bridgehead atoms. The zero-order valence-corrected chi connectivity index (χ0v) is 10.8. The molecular formula is C12H17NO5. The van der Waals surface area contributed by atoms with Gasteiger partial charge in [-0.1, -0.05) is 0 Å². The van der Waals surface area contributed by atoms with Crippen LogP contribution >= 0.6 is 0 Å². The summed E-state index contributed by atoms with van der Waals surface area (Å²) in [6.45, 7) is 6.38. The van der Waals surface area contributed by atoms with Crippen molar-refractivity contribution in [2.24, 2.45) is 0 Å². The second-order valence-corrected chi connectivity index (χ2v) is 4.24. The molecule has 100 valence electrons. The van der Waals surface area contributed by atoms with Gasteiger partial charge in [0.25, 0.3) is 5.91 Å². The highest BCUT2D eigenvalue weighted by Gasteiger charge is 2.28. The average molecular weight is 255 g/mol. The van der Waals surface area contributed by atoms with Gasteiger partial charge in [-0.25, -0.2) is 4.79 Å². The summed E-state index contributed by atoms with van der Waals surface area (Å²) >= 11 is 0. The molecule has 2 atom stereocenters. The second-order valence-electron chi connectivity index (χ2n) is 4.24. The normalized spacial score (nSPS) is 14.1. The smallest absolute Gasteiger partial charge is 0.328 e. The van der Waals surface area contributed by atoms with Crippen LogP contribution in [0.4, 0.5) is 0 Å². The molecule has 3 N–H and O–H groups in total. The summed E-state index contributed by atoms with van der Waals surface area (Å²) in [4.78, 5) is 22.9. The van der Waals surface area contributed by atoms with Crippen LogP contribution in [0.15, 0.2) is 4.42 Å². The Morgan fingerprint density at radius 2 is 1.78 bits per heavy atom. The number of carboxylic acid groups (broad SMARTS) is 1. The first-order valence-corrected chi connectivity index (χ1v) is 5.54. The maximum Gasteiger partial charge on any atom is 0.328 e. The van der Waals surface area contributed by atoms with E-state index >= 15 is 0 Å². The highest BCUT2D eigenvalue weighted by Crippen LogP contribution is 2.20. The molecule has 1 heterocycles. The highest BCUT2D eigenvalue weighted by atomic mass is 16.4. The molecule has 0 spiro atoms. The number of aryl methyl sites for hydroxylation is 2. The van der Waals surface area contributed by atoms with Gasteiger partial charge < -0.3 is 19.9 Å². The minimum Gasteiger partial charge on any atom is -0.480 e. The molecule has 18 heavy (non-hydrogen) atoms. The fraction of sp³-hybridized carbons (Fsp3) is 0.500. The van der Waals surface area contributed by atoms with Crippen LogP contribution in [-0.2, 0) is 4.79 Å². The van der Waals surface area contributed by atoms with Crippen molar-refractivity contribution < 1.29 is 24.2 Å². The third-order valence-electron chi connectivity index (χ3n) is 2.82. The zero-order chi connectivity index (χ0) is 14.0. The Kier molecular flexibility index (Phi) is 4.13. The van der Waals surface area contributed by atoms with Gasteiger partial charge in [0.15, 0.2) is 6.04 Å². The highest BCUT2D eigenvalue weighted by molar-refractivity contribution is 5.99. The van der Waals surface area contributed by atoms with Gasteiger partial charge in [0.2, 0.25) is 0 Å². The van der Waals surface area contributed by atoms with Crippen LogP contribution in [-0.4, -0.2) is 34.2 Å². The van der Waals surface area contributed by atoms with Crippen LogP contribution in [0, 0.1) is 20.8 Å². The molecule has 1 amide bonds. The van der Waals surface area contributed by atoms with Crippen molar-refractivity contribution in [3.05, 3.63) is 22.6 Å². The maximum atomic E-state index is 12.0. The first kappa shape index (κ1) is 14.2. The summed E-state index contributed by atoms with van der Waals surface area (Å²) in [5.74, 6) is -0.803. The summed E-state index contributed by atoms with van der Waals surface area (Å²) in [5, 5.41) is 20.5. The minimum absolute atomic E-state index is 0.319. The van der Waals surface area contributed by atoms with E-state index in [0.717, 1.165) is 0 Å². The first-order chi connectivity index (χ1) is 8.25. The number of aliphatic carboxylic acids is 1. The van der Waals surface area contributed by atoms with Crippen LogP contribution in [0.25, 0.3) is 0 Å². The molecule has 0 saturated heterocycles. The van der Waals surface area contributed by atoms with Crippen LogP contribution < -0.4 is 5.32 Å². The van der Waals surface area contributed by atoms with Crippen molar-refractivity contribution in [2.45, 2.75) is 39.8 Å². The SMILES string of the molecule is Cc1oc(C)c(C(=O)N[C@H](C(=O)O)[C@@H](C)O)c1C. The number of hydrogen-bond acceptors (Lipinski definition) is 4. The lowest BCUT2D eigenvalue weighted by atomic mass is 10.1. The van der Waals surface area contributed by atoms with Gasteiger partial charge in [-0.15, -0.1) is 0 Å². The van der Waals surface area contributed by atoms with Crippen molar-refractivity contribution in [1.82, 2.24) is 5.32 Å². The Morgan fingerprint density at radius 3 is 2.11 bits per heavy atom. The van der Waals surface area contributed by atoms with Gasteiger partial charge in [0.1, 0.15) is 11.5 Å². The summed E-state index contributed by atoms with van der Waals surface area (Å²) in [6.07, 6.45) is -1.18. The molecule has 0 saturated carbocycles. The minimum atomic E-state index is -1.34. The molecule has 0 aliphatic carbocycles. The van der Waals surface area contributed by atoms with Crippen molar-refractivity contribution in [3.63, 3.8) is 0 Å². The van der Waals surface area contributed by atoms with E-state index in [4.69, 9.17) is 9.52 Å². The summed E-state index contributed by atoms with van der Waals surface area (Å²) in [5.41, 5.74) is 0.985. The van der Waals surface area contributed by atoms with E-state index in [2.05, 4.69) is 5.32 Å². The number of aliphatic hydroxyl groups is 1. The third kappa shape index (κ3) is 2.70. The Bertz CT molecular complexity index is 475. The van der Waals surface area contributed by atoms with E-state index in [1.54, 1.807) is 20.8 Å². The molecule has 0 aliphatic rings. The average Bonchev–Trinajstić information content (AvgIpc) is 2.48. The Balaban J connectivity index is 2.98. The number of carbonyl (C=O) groups excluding carboxylic acids is 1. The van der Waals surface area contributed by atoms with E-state index in [0.29, 0.717) is 22.6 Å². The van der Waals surface area contributed by atoms with Gasteiger partial charge in [-0.2, -0.15) is 0 Å². The van der Waals surface area contributed by atoms with Gasteiger partial charge >= 0.3 is 5.97 Å². The molecule has 6 heteroatoms. The van der Waals surface area contributed by atoms with Crippen LogP contribution in [0.2, 0.25) is 0 Å². The summed E-state index contributed by atoms with van der Waals surface area (Å²) in [7, 11) is 0. The predicted molar refractivity (Wildman–Crippen MR) is 63.5 cm³/mol. The number of nitrogens with one attached hydrogen (secondary N) is 1. The Hall–Kier alpha value is -1.82. The van der Waals surface area contributed by atoms with E-state index in [1.165, 1.54) is 6.92 Å². The van der Waals surface area contributed by atoms with E-state index < -0.39 is 24.0 Å². The van der Waals surface area contributed by atoms with Gasteiger partial charge in [-0.3, -0.25) is 4.79 Å². The first-order valence-electron chi connectivity index (χ1n) is 5.54. The van der Waals surface area contributed by atoms with E-state index in [9.17, 15) is 14.7 Å². The zero-order valence-electron chi connectivity index (χ0n) is 10.8. The molecule has 0 fully saturated rings. The molecule has 0 unspecified atom stereocenters. The fourth-order valence-electron chi connectivity index (χ4n) is 1.73. The van der Waals surface area contributed by atoms with E-state index in [1.807, 2.05) is 0 Å². The topological polar surface area (TPSA) is 99.8 Å².